The fraction of sp³-hybridized carbons (Fsp3) is 0.438. The van der Waals surface area contributed by atoms with Gasteiger partial charge in [-0.3, -0.25) is 4.79 Å². The highest BCUT2D eigenvalue weighted by molar-refractivity contribution is 7.88. The highest BCUT2D eigenvalue weighted by Gasteiger charge is 2.26. The Bertz CT molecular complexity index is 864. The van der Waals surface area contributed by atoms with Crippen LogP contribution in [-0.4, -0.2) is 54.0 Å². The van der Waals surface area contributed by atoms with Crippen LogP contribution in [0.2, 0.25) is 0 Å². The van der Waals surface area contributed by atoms with Gasteiger partial charge in [0.15, 0.2) is 0 Å². The molecule has 0 aromatic carbocycles. The van der Waals surface area contributed by atoms with Gasteiger partial charge in [-0.05, 0) is 18.9 Å². The van der Waals surface area contributed by atoms with E-state index in [1.54, 1.807) is 6.20 Å². The van der Waals surface area contributed by atoms with Crippen LogP contribution in [0.3, 0.4) is 0 Å². The molecule has 0 saturated carbocycles. The molecule has 1 aromatic rings. The second-order valence-electron chi connectivity index (χ2n) is 6.12. The van der Waals surface area contributed by atoms with Gasteiger partial charge in [-0.25, -0.2) is 17.7 Å². The molecular formula is C16H19N5O3S. The molecular weight excluding hydrogens is 342 g/mol. The van der Waals surface area contributed by atoms with Crippen molar-refractivity contribution in [2.45, 2.75) is 25.3 Å². The van der Waals surface area contributed by atoms with Crippen LogP contribution < -0.4 is 10.6 Å². The third kappa shape index (κ3) is 3.97. The highest BCUT2D eigenvalue weighted by atomic mass is 32.2. The Morgan fingerprint density at radius 2 is 2.16 bits per heavy atom. The number of nitrogens with zero attached hydrogens (tertiary/aromatic N) is 3. The Morgan fingerprint density at radius 1 is 1.44 bits per heavy atom. The molecule has 1 saturated heterocycles. The van der Waals surface area contributed by atoms with Crippen LogP contribution in [0.4, 0.5) is 11.8 Å². The summed E-state index contributed by atoms with van der Waals surface area (Å²) in [5.74, 6) is 3.00. The number of hydrogen-bond acceptors (Lipinski definition) is 6. The highest BCUT2D eigenvalue weighted by Crippen LogP contribution is 2.24. The largest absolute Gasteiger partial charge is 0.351 e. The van der Waals surface area contributed by atoms with Crippen molar-refractivity contribution in [3.63, 3.8) is 0 Å². The Labute approximate surface area is 146 Å². The van der Waals surface area contributed by atoms with E-state index in [1.807, 2.05) is 0 Å². The number of nitrogens with one attached hydrogen (secondary N) is 2. The predicted octanol–water partition coefficient (Wildman–Crippen LogP) is 0.367. The van der Waals surface area contributed by atoms with E-state index >= 15 is 0 Å². The predicted molar refractivity (Wildman–Crippen MR) is 94.3 cm³/mol. The first kappa shape index (κ1) is 17.4. The molecule has 2 aliphatic rings. The Hall–Kier alpha value is -2.44. The van der Waals surface area contributed by atoms with Crippen molar-refractivity contribution in [2.24, 2.45) is 0 Å². The summed E-state index contributed by atoms with van der Waals surface area (Å²) in [5.41, 5.74) is 1.31. The molecule has 2 N–H and O–H groups in total. The third-order valence-corrected chi connectivity index (χ3v) is 5.59. The summed E-state index contributed by atoms with van der Waals surface area (Å²) in [6, 6.07) is 0.0900. The SMILES string of the molecule is C#CC=C1Cc2cnc(NC3CCN(S(C)(=O)=O)CC3)nc2NC1=O. The molecule has 1 aromatic heterocycles. The lowest BCUT2D eigenvalue weighted by Crippen LogP contribution is -2.42. The van der Waals surface area contributed by atoms with Crippen molar-refractivity contribution in [3.8, 4) is 12.3 Å². The van der Waals surface area contributed by atoms with Crippen LogP contribution in [-0.2, 0) is 21.2 Å². The molecule has 9 heteroatoms. The van der Waals surface area contributed by atoms with Crippen LogP contribution in [0, 0.1) is 12.3 Å². The lowest BCUT2D eigenvalue weighted by molar-refractivity contribution is -0.113. The number of sulfonamides is 1. The van der Waals surface area contributed by atoms with Crippen molar-refractivity contribution in [1.82, 2.24) is 14.3 Å². The number of aromatic nitrogens is 2. The van der Waals surface area contributed by atoms with E-state index in [0.717, 1.165) is 5.56 Å². The number of amides is 1. The number of fused-ring (bicyclic) bond motifs is 1. The number of piperidine rings is 1. The van der Waals surface area contributed by atoms with Gasteiger partial charge in [-0.15, -0.1) is 6.42 Å². The molecule has 0 aliphatic carbocycles. The van der Waals surface area contributed by atoms with Crippen molar-refractivity contribution in [1.29, 1.82) is 0 Å². The maximum absolute atomic E-state index is 12.0. The summed E-state index contributed by atoms with van der Waals surface area (Å²) in [6.45, 7) is 0.941. The Balaban J connectivity index is 1.67. The molecule has 2 aliphatic heterocycles. The zero-order chi connectivity index (χ0) is 18.0. The van der Waals surface area contributed by atoms with Gasteiger partial charge in [0, 0.05) is 42.9 Å². The maximum atomic E-state index is 12.0. The van der Waals surface area contributed by atoms with E-state index in [9.17, 15) is 13.2 Å². The maximum Gasteiger partial charge on any atom is 0.253 e. The molecule has 1 amide bonds. The van der Waals surface area contributed by atoms with Crippen molar-refractivity contribution < 1.29 is 13.2 Å². The minimum atomic E-state index is -3.14. The Morgan fingerprint density at radius 3 is 2.80 bits per heavy atom. The molecule has 132 valence electrons. The summed E-state index contributed by atoms with van der Waals surface area (Å²) in [4.78, 5) is 20.6. The quantitative estimate of drug-likeness (QED) is 0.595. The number of hydrogen-bond donors (Lipinski definition) is 2. The number of anilines is 2. The second-order valence-corrected chi connectivity index (χ2v) is 8.10. The monoisotopic (exact) mass is 361 g/mol. The Kier molecular flexibility index (Phi) is 4.74. The first-order valence-electron chi connectivity index (χ1n) is 7.91. The topological polar surface area (TPSA) is 104 Å². The van der Waals surface area contributed by atoms with Crippen molar-refractivity contribution >= 4 is 27.7 Å². The first-order chi connectivity index (χ1) is 11.9. The standard InChI is InChI=1S/C16H19N5O3S/c1-3-4-11-9-12-10-17-16(20-14(12)19-15(11)22)18-13-5-7-21(8-6-13)25(2,23)24/h1,4,10,13H,5-9H2,2H3,(H2,17,18,19,20,22). The average molecular weight is 361 g/mol. The fourth-order valence-corrected chi connectivity index (χ4v) is 3.79. The lowest BCUT2D eigenvalue weighted by Gasteiger charge is -2.30. The molecule has 25 heavy (non-hydrogen) atoms. The summed E-state index contributed by atoms with van der Waals surface area (Å²) in [5, 5.41) is 5.93. The number of terminal acetylenes is 1. The molecule has 0 radical (unpaired) electrons. The molecule has 1 fully saturated rings. The molecule has 3 heterocycles. The zero-order valence-electron chi connectivity index (χ0n) is 13.8. The van der Waals surface area contributed by atoms with Crippen molar-refractivity contribution in [2.75, 3.05) is 30.0 Å². The average Bonchev–Trinajstić information content (AvgIpc) is 2.55. The van der Waals surface area contributed by atoms with E-state index in [0.29, 0.717) is 49.7 Å². The minimum absolute atomic E-state index is 0.0900. The summed E-state index contributed by atoms with van der Waals surface area (Å²) in [6.07, 6.45) is 11.3. The van der Waals surface area contributed by atoms with E-state index in [4.69, 9.17) is 6.42 Å². The van der Waals surface area contributed by atoms with Gasteiger partial charge >= 0.3 is 0 Å². The fourth-order valence-electron chi connectivity index (χ4n) is 2.92. The van der Waals surface area contributed by atoms with Gasteiger partial charge in [0.25, 0.3) is 5.91 Å². The summed E-state index contributed by atoms with van der Waals surface area (Å²) >= 11 is 0. The molecule has 0 unspecified atom stereocenters. The van der Waals surface area contributed by atoms with Gasteiger partial charge in [0.05, 0.1) is 6.26 Å². The van der Waals surface area contributed by atoms with Crippen LogP contribution >= 0.6 is 0 Å². The van der Waals surface area contributed by atoms with E-state index < -0.39 is 10.0 Å². The lowest BCUT2D eigenvalue weighted by atomic mass is 10.0. The van der Waals surface area contributed by atoms with Crippen LogP contribution in [0.25, 0.3) is 0 Å². The molecule has 8 nitrogen and oxygen atoms in total. The van der Waals surface area contributed by atoms with Gasteiger partial charge < -0.3 is 10.6 Å². The molecule has 0 atom stereocenters. The van der Waals surface area contributed by atoms with Crippen LogP contribution in [0.5, 0.6) is 0 Å². The zero-order valence-corrected chi connectivity index (χ0v) is 14.6. The van der Waals surface area contributed by atoms with E-state index in [2.05, 4.69) is 26.5 Å². The normalized spacial score (nSPS) is 20.6. The van der Waals surface area contributed by atoms with Crippen LogP contribution in [0.15, 0.2) is 17.8 Å². The second kappa shape index (κ2) is 6.82. The summed E-state index contributed by atoms with van der Waals surface area (Å²) in [7, 11) is -3.14. The smallest absolute Gasteiger partial charge is 0.253 e. The van der Waals surface area contributed by atoms with E-state index in [1.165, 1.54) is 16.6 Å². The van der Waals surface area contributed by atoms with Gasteiger partial charge in [-0.2, -0.15) is 4.98 Å². The minimum Gasteiger partial charge on any atom is -0.351 e. The molecule has 0 spiro atoms. The van der Waals surface area contributed by atoms with Gasteiger partial charge in [0.2, 0.25) is 16.0 Å². The van der Waals surface area contributed by atoms with Crippen LogP contribution in [0.1, 0.15) is 18.4 Å². The summed E-state index contributed by atoms with van der Waals surface area (Å²) < 4.78 is 24.5. The molecule has 0 bridgehead atoms. The van der Waals surface area contributed by atoms with Crippen molar-refractivity contribution in [3.05, 3.63) is 23.4 Å². The number of carbonyl (C=O) groups excluding carboxylic acids is 1. The third-order valence-electron chi connectivity index (χ3n) is 4.28. The number of allylic oxidation sites excluding steroid dienone is 1. The number of carbonyl (C=O) groups is 1. The van der Waals surface area contributed by atoms with Gasteiger partial charge in [-0.1, -0.05) is 5.92 Å². The van der Waals surface area contributed by atoms with E-state index in [-0.39, 0.29) is 11.9 Å². The first-order valence-corrected chi connectivity index (χ1v) is 9.76. The molecule has 3 rings (SSSR count). The van der Waals surface area contributed by atoms with Gasteiger partial charge in [0.1, 0.15) is 5.82 Å². The number of rotatable bonds is 3.